The van der Waals surface area contributed by atoms with Gasteiger partial charge in [-0.25, -0.2) is 4.79 Å². The lowest BCUT2D eigenvalue weighted by molar-refractivity contribution is -0.137. The molecule has 2 aromatic rings. The fraction of sp³-hybridized carbons (Fsp3) is 0.444. The van der Waals surface area contributed by atoms with E-state index in [1.165, 1.54) is 4.90 Å². The summed E-state index contributed by atoms with van der Waals surface area (Å²) in [5.74, 6) is 0.519. The quantitative estimate of drug-likeness (QED) is 0.672. The van der Waals surface area contributed by atoms with Crippen molar-refractivity contribution in [3.8, 4) is 11.8 Å². The van der Waals surface area contributed by atoms with E-state index in [0.717, 1.165) is 23.1 Å². The van der Waals surface area contributed by atoms with Crippen LogP contribution in [0.15, 0.2) is 48.5 Å². The van der Waals surface area contributed by atoms with Gasteiger partial charge in [-0.15, -0.1) is 0 Å². The molecule has 0 N–H and O–H groups in total. The number of benzene rings is 2. The van der Waals surface area contributed by atoms with Crippen molar-refractivity contribution in [2.24, 2.45) is 0 Å². The summed E-state index contributed by atoms with van der Waals surface area (Å²) in [4.78, 5) is 29.7. The number of hydrogen-bond donors (Lipinski definition) is 0. The summed E-state index contributed by atoms with van der Waals surface area (Å²) in [5, 5.41) is 9.47. The van der Waals surface area contributed by atoms with Crippen LogP contribution < -0.4 is 4.74 Å². The number of nitriles is 1. The molecule has 2 atom stereocenters. The normalized spacial score (nSPS) is 19.8. The molecule has 2 amide bonds. The lowest BCUT2D eigenvalue weighted by Gasteiger charge is -2.39. The first-order valence-corrected chi connectivity index (χ1v) is 11.7. The zero-order valence-electron chi connectivity index (χ0n) is 20.0. The molecule has 7 heteroatoms. The standard InChI is InChI=1S/C27H31N3O4/c1-27(2,3)34-26(32)30-17-21-14-23(33-18-19-8-5-4-6-9-19)12-11-20(21)15-24(30)25(31)29-13-7-10-22(29)16-28/h4-6,8-9,11-12,14,22,24H,7,10,13,15,17-18H2,1-3H3/t22-,24-/m0/s1. The molecule has 1 saturated heterocycles. The number of amides is 2. The molecule has 0 radical (unpaired) electrons. The van der Waals surface area contributed by atoms with Crippen molar-refractivity contribution in [2.75, 3.05) is 6.54 Å². The van der Waals surface area contributed by atoms with Crippen molar-refractivity contribution < 1.29 is 19.1 Å². The smallest absolute Gasteiger partial charge is 0.411 e. The molecule has 0 bridgehead atoms. The van der Waals surface area contributed by atoms with Crippen LogP contribution in [0.5, 0.6) is 5.75 Å². The summed E-state index contributed by atoms with van der Waals surface area (Å²) in [6.07, 6.45) is 1.31. The number of rotatable bonds is 4. The Kier molecular flexibility index (Phi) is 6.78. The molecule has 1 fully saturated rings. The number of hydrogen-bond acceptors (Lipinski definition) is 5. The molecular formula is C27H31N3O4. The van der Waals surface area contributed by atoms with Gasteiger partial charge in [-0.05, 0) is 62.4 Å². The van der Waals surface area contributed by atoms with Crippen molar-refractivity contribution in [3.05, 3.63) is 65.2 Å². The van der Waals surface area contributed by atoms with Gasteiger partial charge in [0, 0.05) is 13.0 Å². The molecule has 0 unspecified atom stereocenters. The fourth-order valence-electron chi connectivity index (χ4n) is 4.48. The number of fused-ring (bicyclic) bond motifs is 1. The van der Waals surface area contributed by atoms with Crippen LogP contribution in [0.1, 0.15) is 50.3 Å². The van der Waals surface area contributed by atoms with Crippen LogP contribution in [0.25, 0.3) is 0 Å². The number of ether oxygens (including phenoxy) is 2. The first-order valence-electron chi connectivity index (χ1n) is 11.7. The Morgan fingerprint density at radius 2 is 1.85 bits per heavy atom. The zero-order valence-corrected chi connectivity index (χ0v) is 20.0. The Morgan fingerprint density at radius 3 is 2.56 bits per heavy atom. The van der Waals surface area contributed by atoms with Crippen LogP contribution in [0, 0.1) is 11.3 Å². The average molecular weight is 462 g/mol. The van der Waals surface area contributed by atoms with Gasteiger partial charge in [-0.3, -0.25) is 9.69 Å². The van der Waals surface area contributed by atoms with Gasteiger partial charge >= 0.3 is 6.09 Å². The number of carbonyl (C=O) groups excluding carboxylic acids is 2. The minimum Gasteiger partial charge on any atom is -0.489 e. The summed E-state index contributed by atoms with van der Waals surface area (Å²) >= 11 is 0. The summed E-state index contributed by atoms with van der Waals surface area (Å²) in [5.41, 5.74) is 2.31. The Bertz CT molecular complexity index is 1090. The SMILES string of the molecule is CC(C)(C)OC(=O)N1Cc2cc(OCc3ccccc3)ccc2C[C@H]1C(=O)N1CCC[C@H]1C#N. The molecule has 0 saturated carbocycles. The van der Waals surface area contributed by atoms with Crippen LogP contribution in [0.3, 0.4) is 0 Å². The Morgan fingerprint density at radius 1 is 1.09 bits per heavy atom. The first kappa shape index (κ1) is 23.6. The van der Waals surface area contributed by atoms with Gasteiger partial charge in [-0.1, -0.05) is 36.4 Å². The van der Waals surface area contributed by atoms with Gasteiger partial charge in [-0.2, -0.15) is 5.26 Å². The van der Waals surface area contributed by atoms with Gasteiger partial charge in [0.15, 0.2) is 0 Å². The van der Waals surface area contributed by atoms with Crippen LogP contribution in [0.2, 0.25) is 0 Å². The molecule has 4 rings (SSSR count). The number of nitrogens with zero attached hydrogens (tertiary/aromatic N) is 3. The maximum absolute atomic E-state index is 13.5. The second-order valence-corrected chi connectivity index (χ2v) is 9.85. The minimum atomic E-state index is -0.701. The second-order valence-electron chi connectivity index (χ2n) is 9.85. The Balaban J connectivity index is 1.57. The summed E-state index contributed by atoms with van der Waals surface area (Å²) < 4.78 is 11.6. The van der Waals surface area contributed by atoms with Crippen molar-refractivity contribution in [3.63, 3.8) is 0 Å². The third kappa shape index (κ3) is 5.33. The van der Waals surface area contributed by atoms with Gasteiger partial charge in [0.25, 0.3) is 0 Å². The van der Waals surface area contributed by atoms with Crippen molar-refractivity contribution in [1.82, 2.24) is 9.80 Å². The highest BCUT2D eigenvalue weighted by atomic mass is 16.6. The van der Waals surface area contributed by atoms with E-state index in [1.807, 2.05) is 48.5 Å². The summed E-state index contributed by atoms with van der Waals surface area (Å²) in [6.45, 7) is 6.65. The molecule has 2 aromatic carbocycles. The first-order chi connectivity index (χ1) is 16.2. The molecule has 178 valence electrons. The molecule has 2 aliphatic heterocycles. The van der Waals surface area contributed by atoms with Crippen molar-refractivity contribution in [1.29, 1.82) is 5.26 Å². The van der Waals surface area contributed by atoms with E-state index in [0.29, 0.717) is 31.7 Å². The van der Waals surface area contributed by atoms with E-state index in [4.69, 9.17) is 9.47 Å². The topological polar surface area (TPSA) is 82.9 Å². The monoisotopic (exact) mass is 461 g/mol. The van der Waals surface area contributed by atoms with E-state index >= 15 is 0 Å². The predicted octanol–water partition coefficient (Wildman–Crippen LogP) is 4.44. The van der Waals surface area contributed by atoms with Crippen molar-refractivity contribution >= 4 is 12.0 Å². The third-order valence-corrected chi connectivity index (χ3v) is 6.15. The lowest BCUT2D eigenvalue weighted by Crippen LogP contribution is -2.55. The molecule has 34 heavy (non-hydrogen) atoms. The molecule has 7 nitrogen and oxygen atoms in total. The predicted molar refractivity (Wildman–Crippen MR) is 127 cm³/mol. The highest BCUT2D eigenvalue weighted by Gasteiger charge is 2.41. The van der Waals surface area contributed by atoms with Crippen LogP contribution in [-0.4, -0.2) is 46.0 Å². The molecule has 0 aromatic heterocycles. The second kappa shape index (κ2) is 9.76. The molecule has 0 aliphatic carbocycles. The van der Waals surface area contributed by atoms with E-state index in [-0.39, 0.29) is 12.5 Å². The number of carbonyl (C=O) groups is 2. The van der Waals surface area contributed by atoms with Crippen LogP contribution >= 0.6 is 0 Å². The van der Waals surface area contributed by atoms with E-state index < -0.39 is 23.8 Å². The summed E-state index contributed by atoms with van der Waals surface area (Å²) in [7, 11) is 0. The van der Waals surface area contributed by atoms with Crippen LogP contribution in [-0.2, 0) is 29.1 Å². The van der Waals surface area contributed by atoms with E-state index in [1.54, 1.807) is 25.7 Å². The third-order valence-electron chi connectivity index (χ3n) is 6.15. The Labute approximate surface area is 200 Å². The molecule has 2 heterocycles. The maximum Gasteiger partial charge on any atom is 0.411 e. The van der Waals surface area contributed by atoms with Gasteiger partial charge < -0.3 is 14.4 Å². The Hall–Kier alpha value is -3.53. The number of likely N-dealkylation sites (tertiary alicyclic amines) is 1. The maximum atomic E-state index is 13.5. The lowest BCUT2D eigenvalue weighted by atomic mass is 9.93. The molecule has 0 spiro atoms. The highest BCUT2D eigenvalue weighted by molar-refractivity contribution is 5.87. The fourth-order valence-corrected chi connectivity index (χ4v) is 4.48. The van der Waals surface area contributed by atoms with Crippen molar-refractivity contribution in [2.45, 2.75) is 70.9 Å². The van der Waals surface area contributed by atoms with Gasteiger partial charge in [0.2, 0.25) is 5.91 Å². The molecule has 2 aliphatic rings. The van der Waals surface area contributed by atoms with E-state index in [9.17, 15) is 14.9 Å². The van der Waals surface area contributed by atoms with Gasteiger partial charge in [0.05, 0.1) is 12.6 Å². The molecular weight excluding hydrogens is 430 g/mol. The van der Waals surface area contributed by atoms with E-state index in [2.05, 4.69) is 6.07 Å². The largest absolute Gasteiger partial charge is 0.489 e. The van der Waals surface area contributed by atoms with Gasteiger partial charge in [0.1, 0.15) is 30.0 Å². The highest BCUT2D eigenvalue weighted by Crippen LogP contribution is 2.31. The zero-order chi connectivity index (χ0) is 24.3. The van der Waals surface area contributed by atoms with Crippen LogP contribution in [0.4, 0.5) is 4.79 Å². The minimum absolute atomic E-state index is 0.190. The average Bonchev–Trinajstić information content (AvgIpc) is 3.30. The summed E-state index contributed by atoms with van der Waals surface area (Å²) in [6, 6.07) is 16.8.